The maximum Gasteiger partial charge on any atom is 0.238 e. The minimum absolute atomic E-state index is 0.119. The molecule has 0 spiro atoms. The first kappa shape index (κ1) is 21.4. The summed E-state index contributed by atoms with van der Waals surface area (Å²) in [7, 11) is 3.20. The van der Waals surface area contributed by atoms with Crippen LogP contribution < -0.4 is 25.0 Å². The third-order valence-electron chi connectivity index (χ3n) is 4.97. The number of benzene rings is 2. The van der Waals surface area contributed by atoms with E-state index in [1.54, 1.807) is 32.4 Å². The third-order valence-corrected chi connectivity index (χ3v) is 4.97. The number of methoxy groups -OCH3 is 2. The summed E-state index contributed by atoms with van der Waals surface area (Å²) in [6.07, 6.45) is 0. The molecule has 2 aromatic rings. The molecule has 1 fully saturated rings. The number of nitrogens with zero attached hydrogens (tertiary/aromatic N) is 2. The van der Waals surface area contributed by atoms with Crippen LogP contribution in [0.4, 0.5) is 17.1 Å². The molecule has 2 N–H and O–H groups in total. The molecule has 0 aliphatic carbocycles. The van der Waals surface area contributed by atoms with Crippen LogP contribution in [0.1, 0.15) is 6.92 Å². The molecule has 3 rings (SSSR count). The molecule has 0 atom stereocenters. The van der Waals surface area contributed by atoms with E-state index >= 15 is 0 Å². The summed E-state index contributed by atoms with van der Waals surface area (Å²) in [5.74, 6) is 1.09. The average molecular weight is 412 g/mol. The van der Waals surface area contributed by atoms with Gasteiger partial charge >= 0.3 is 0 Å². The van der Waals surface area contributed by atoms with E-state index in [1.165, 1.54) is 6.92 Å². The molecule has 1 aliphatic rings. The van der Waals surface area contributed by atoms with E-state index in [0.717, 1.165) is 37.6 Å². The Morgan fingerprint density at radius 1 is 0.933 bits per heavy atom. The van der Waals surface area contributed by atoms with Crippen molar-refractivity contribution >= 4 is 28.9 Å². The van der Waals surface area contributed by atoms with Gasteiger partial charge in [-0.1, -0.05) is 0 Å². The lowest BCUT2D eigenvalue weighted by molar-refractivity contribution is -0.117. The Balaban J connectivity index is 1.54. The Kier molecular flexibility index (Phi) is 7.13. The number of nitrogens with one attached hydrogen (secondary N) is 2. The molecule has 1 heterocycles. The Morgan fingerprint density at radius 3 is 2.23 bits per heavy atom. The molecule has 160 valence electrons. The first-order valence-corrected chi connectivity index (χ1v) is 9.85. The van der Waals surface area contributed by atoms with Crippen LogP contribution in [0.25, 0.3) is 0 Å². The van der Waals surface area contributed by atoms with E-state index in [0.29, 0.717) is 23.7 Å². The highest BCUT2D eigenvalue weighted by Gasteiger charge is 2.20. The summed E-state index contributed by atoms with van der Waals surface area (Å²) in [5, 5.41) is 5.60. The number of hydrogen-bond acceptors (Lipinski definition) is 6. The van der Waals surface area contributed by atoms with Crippen molar-refractivity contribution in [2.24, 2.45) is 0 Å². The summed E-state index contributed by atoms with van der Waals surface area (Å²) in [5.41, 5.74) is 2.29. The highest BCUT2D eigenvalue weighted by atomic mass is 16.5. The molecule has 0 saturated carbocycles. The lowest BCUT2D eigenvalue weighted by Gasteiger charge is -2.35. The van der Waals surface area contributed by atoms with Gasteiger partial charge in [-0.05, 0) is 42.5 Å². The second-order valence-electron chi connectivity index (χ2n) is 7.11. The number of carbonyl (C=O) groups excluding carboxylic acids is 2. The van der Waals surface area contributed by atoms with E-state index in [-0.39, 0.29) is 11.8 Å². The van der Waals surface area contributed by atoms with Crippen molar-refractivity contribution < 1.29 is 19.1 Å². The van der Waals surface area contributed by atoms with Crippen LogP contribution in [0.5, 0.6) is 11.5 Å². The van der Waals surface area contributed by atoms with E-state index in [1.807, 2.05) is 12.1 Å². The highest BCUT2D eigenvalue weighted by Crippen LogP contribution is 2.28. The first-order valence-electron chi connectivity index (χ1n) is 9.85. The fourth-order valence-corrected chi connectivity index (χ4v) is 3.44. The second-order valence-corrected chi connectivity index (χ2v) is 7.11. The lowest BCUT2D eigenvalue weighted by atomic mass is 10.2. The smallest absolute Gasteiger partial charge is 0.238 e. The molecule has 1 aliphatic heterocycles. The Hall–Kier alpha value is -3.26. The molecule has 0 bridgehead atoms. The van der Waals surface area contributed by atoms with Gasteiger partial charge in [0, 0.05) is 44.5 Å². The normalized spacial score (nSPS) is 14.2. The number of hydrogen-bond donors (Lipinski definition) is 2. The van der Waals surface area contributed by atoms with Gasteiger partial charge in [-0.25, -0.2) is 0 Å². The quantitative estimate of drug-likeness (QED) is 0.727. The fourth-order valence-electron chi connectivity index (χ4n) is 3.44. The molecule has 2 aromatic carbocycles. The molecule has 8 nitrogen and oxygen atoms in total. The largest absolute Gasteiger partial charge is 0.497 e. The van der Waals surface area contributed by atoms with Crippen molar-refractivity contribution in [1.29, 1.82) is 0 Å². The zero-order valence-corrected chi connectivity index (χ0v) is 17.6. The van der Waals surface area contributed by atoms with Crippen molar-refractivity contribution in [3.63, 3.8) is 0 Å². The Bertz CT molecular complexity index is 877. The van der Waals surface area contributed by atoms with Gasteiger partial charge < -0.3 is 25.0 Å². The number of rotatable bonds is 7. The Labute approximate surface area is 176 Å². The molecular formula is C22H28N4O4. The summed E-state index contributed by atoms with van der Waals surface area (Å²) >= 11 is 0. The topological polar surface area (TPSA) is 83.1 Å². The molecule has 0 aromatic heterocycles. The number of ether oxygens (including phenoxy) is 2. The van der Waals surface area contributed by atoms with Crippen LogP contribution in [-0.4, -0.2) is 63.7 Å². The minimum atomic E-state index is -0.174. The van der Waals surface area contributed by atoms with E-state index < -0.39 is 0 Å². The predicted molar refractivity (Wildman–Crippen MR) is 118 cm³/mol. The van der Waals surface area contributed by atoms with Crippen LogP contribution in [0.3, 0.4) is 0 Å². The van der Waals surface area contributed by atoms with Gasteiger partial charge in [0.2, 0.25) is 11.8 Å². The number of piperazine rings is 1. The van der Waals surface area contributed by atoms with Crippen molar-refractivity contribution in [3.05, 3.63) is 42.5 Å². The summed E-state index contributed by atoms with van der Waals surface area (Å²) in [6, 6.07) is 13.2. The number of amides is 2. The van der Waals surface area contributed by atoms with Crippen molar-refractivity contribution in [2.75, 3.05) is 62.5 Å². The molecule has 0 radical (unpaired) electrons. The van der Waals surface area contributed by atoms with Crippen LogP contribution in [0, 0.1) is 0 Å². The van der Waals surface area contributed by atoms with Crippen molar-refractivity contribution in [2.45, 2.75) is 6.92 Å². The van der Waals surface area contributed by atoms with E-state index in [9.17, 15) is 9.59 Å². The molecule has 8 heteroatoms. The van der Waals surface area contributed by atoms with Gasteiger partial charge in [0.25, 0.3) is 0 Å². The van der Waals surface area contributed by atoms with Gasteiger partial charge in [0.15, 0.2) is 0 Å². The van der Waals surface area contributed by atoms with Crippen molar-refractivity contribution in [3.8, 4) is 11.5 Å². The number of anilines is 3. The molecule has 1 saturated heterocycles. The van der Waals surface area contributed by atoms with Gasteiger partial charge in [-0.2, -0.15) is 0 Å². The minimum Gasteiger partial charge on any atom is -0.497 e. The van der Waals surface area contributed by atoms with E-state index in [2.05, 4.69) is 32.6 Å². The lowest BCUT2D eigenvalue weighted by Crippen LogP contribution is -2.48. The van der Waals surface area contributed by atoms with Gasteiger partial charge in [0.1, 0.15) is 11.5 Å². The zero-order valence-electron chi connectivity index (χ0n) is 17.6. The van der Waals surface area contributed by atoms with Crippen LogP contribution >= 0.6 is 0 Å². The maximum absolute atomic E-state index is 12.6. The fraction of sp³-hybridized carbons (Fsp3) is 0.364. The summed E-state index contributed by atoms with van der Waals surface area (Å²) < 4.78 is 10.5. The number of carbonyl (C=O) groups is 2. The van der Waals surface area contributed by atoms with Gasteiger partial charge in [-0.3, -0.25) is 14.5 Å². The molecule has 0 unspecified atom stereocenters. The standard InChI is InChI=1S/C22H28N4O4/c1-16(27)23-17-4-9-21(30-3)20(14-17)24-22(28)15-25-10-12-26(13-11-25)18-5-7-19(29-2)8-6-18/h4-9,14H,10-13,15H2,1-3H3,(H,23,27)(H,24,28). The van der Waals surface area contributed by atoms with Crippen LogP contribution in [-0.2, 0) is 9.59 Å². The van der Waals surface area contributed by atoms with Crippen molar-refractivity contribution in [1.82, 2.24) is 4.90 Å². The monoisotopic (exact) mass is 412 g/mol. The second kappa shape index (κ2) is 9.98. The Morgan fingerprint density at radius 2 is 1.63 bits per heavy atom. The molecule has 30 heavy (non-hydrogen) atoms. The predicted octanol–water partition coefficient (Wildman–Crippen LogP) is 2.42. The average Bonchev–Trinajstić information content (AvgIpc) is 2.74. The molecule has 2 amide bonds. The van der Waals surface area contributed by atoms with Crippen LogP contribution in [0.15, 0.2) is 42.5 Å². The highest BCUT2D eigenvalue weighted by molar-refractivity contribution is 5.95. The molecular weight excluding hydrogens is 384 g/mol. The maximum atomic E-state index is 12.6. The van der Waals surface area contributed by atoms with Gasteiger partial charge in [0.05, 0.1) is 26.5 Å². The van der Waals surface area contributed by atoms with E-state index in [4.69, 9.17) is 9.47 Å². The summed E-state index contributed by atoms with van der Waals surface area (Å²) in [6.45, 7) is 5.02. The summed E-state index contributed by atoms with van der Waals surface area (Å²) in [4.78, 5) is 28.3. The van der Waals surface area contributed by atoms with Gasteiger partial charge in [-0.15, -0.1) is 0 Å². The SMILES string of the molecule is COc1ccc(N2CCN(CC(=O)Nc3cc(NC(C)=O)ccc3OC)CC2)cc1. The van der Waals surface area contributed by atoms with Crippen LogP contribution in [0.2, 0.25) is 0 Å². The zero-order chi connectivity index (χ0) is 21.5. The third kappa shape index (κ3) is 5.64. The first-order chi connectivity index (χ1) is 14.5.